The quantitative estimate of drug-likeness (QED) is 0.374. The summed E-state index contributed by atoms with van der Waals surface area (Å²) in [5.74, 6) is -0.00426. The fourth-order valence-corrected chi connectivity index (χ4v) is 3.71. The van der Waals surface area contributed by atoms with Crippen molar-refractivity contribution < 1.29 is 9.59 Å². The van der Waals surface area contributed by atoms with Gasteiger partial charge in [-0.05, 0) is 29.2 Å². The van der Waals surface area contributed by atoms with Gasteiger partial charge in [0.2, 0.25) is 0 Å². The van der Waals surface area contributed by atoms with Gasteiger partial charge < -0.3 is 0 Å². The van der Waals surface area contributed by atoms with Gasteiger partial charge in [-0.25, -0.2) is 0 Å². The maximum Gasteiger partial charge on any atom is 0.155 e. The third-order valence-electron chi connectivity index (χ3n) is 5.39. The predicted molar refractivity (Wildman–Crippen MR) is 126 cm³/mol. The van der Waals surface area contributed by atoms with Gasteiger partial charge in [-0.1, -0.05) is 97.6 Å². The zero-order valence-corrected chi connectivity index (χ0v) is 17.8. The second-order valence-electron chi connectivity index (χ2n) is 7.72. The van der Waals surface area contributed by atoms with E-state index in [-0.39, 0.29) is 30.4 Å². The van der Waals surface area contributed by atoms with Gasteiger partial charge in [-0.15, -0.1) is 0 Å². The third-order valence-corrected chi connectivity index (χ3v) is 5.39. The molecule has 158 valence electrons. The van der Waals surface area contributed by atoms with Crippen LogP contribution in [-0.2, 0) is 29.1 Å². The molecule has 0 radical (unpaired) electrons. The lowest BCUT2D eigenvalue weighted by Gasteiger charge is -2.31. The second kappa shape index (κ2) is 11.8. The molecule has 0 aliphatic heterocycles. The lowest BCUT2D eigenvalue weighted by molar-refractivity contribution is -0.126. The zero-order valence-electron chi connectivity index (χ0n) is 17.8. The van der Waals surface area contributed by atoms with Crippen LogP contribution in [0.1, 0.15) is 29.5 Å². The molecular formula is C28H29NO2. The summed E-state index contributed by atoms with van der Waals surface area (Å²) < 4.78 is 0. The topological polar surface area (TPSA) is 37.4 Å². The standard InChI is InChI=1S/C28H29NO2/c1-2-26(30)18-19-28(31)27(20-23-12-6-3-7-13-23)29(21-24-14-8-4-9-15-24)22-25-16-10-5-11-17-25/h2-17,27H,1,18-22H2/t27-/m0/s1. The molecule has 0 unspecified atom stereocenters. The molecule has 0 spiro atoms. The van der Waals surface area contributed by atoms with E-state index in [1.54, 1.807) is 0 Å². The summed E-state index contributed by atoms with van der Waals surface area (Å²) in [5, 5.41) is 0. The molecule has 0 heterocycles. The fraction of sp³-hybridized carbons (Fsp3) is 0.214. The van der Waals surface area contributed by atoms with Crippen molar-refractivity contribution in [2.75, 3.05) is 0 Å². The second-order valence-corrected chi connectivity index (χ2v) is 7.72. The van der Waals surface area contributed by atoms with Crippen LogP contribution in [-0.4, -0.2) is 22.5 Å². The van der Waals surface area contributed by atoms with Crippen molar-refractivity contribution in [2.45, 2.75) is 38.4 Å². The van der Waals surface area contributed by atoms with Crippen molar-refractivity contribution in [3.05, 3.63) is 120 Å². The summed E-state index contributed by atoms with van der Waals surface area (Å²) in [6.45, 7) is 4.85. The number of rotatable bonds is 12. The van der Waals surface area contributed by atoms with Crippen LogP contribution in [0.25, 0.3) is 0 Å². The monoisotopic (exact) mass is 411 g/mol. The molecule has 0 amide bonds. The van der Waals surface area contributed by atoms with E-state index in [1.807, 2.05) is 54.6 Å². The Morgan fingerprint density at radius 3 is 1.61 bits per heavy atom. The van der Waals surface area contributed by atoms with E-state index in [1.165, 1.54) is 6.08 Å². The molecule has 0 aliphatic rings. The Morgan fingerprint density at radius 1 is 0.710 bits per heavy atom. The van der Waals surface area contributed by atoms with Gasteiger partial charge in [0, 0.05) is 25.9 Å². The summed E-state index contributed by atoms with van der Waals surface area (Å²) in [7, 11) is 0. The average Bonchev–Trinajstić information content (AvgIpc) is 2.82. The van der Waals surface area contributed by atoms with Crippen LogP contribution in [0.2, 0.25) is 0 Å². The van der Waals surface area contributed by atoms with Gasteiger partial charge in [0.25, 0.3) is 0 Å². The van der Waals surface area contributed by atoms with Crippen LogP contribution in [0.5, 0.6) is 0 Å². The molecule has 31 heavy (non-hydrogen) atoms. The number of nitrogens with zero attached hydrogens (tertiary/aromatic N) is 1. The number of carbonyl (C=O) groups is 2. The van der Waals surface area contributed by atoms with E-state index in [2.05, 4.69) is 47.9 Å². The Kier molecular flexibility index (Phi) is 8.50. The molecule has 0 saturated heterocycles. The van der Waals surface area contributed by atoms with E-state index in [0.29, 0.717) is 19.5 Å². The minimum atomic E-state index is -0.319. The first-order valence-corrected chi connectivity index (χ1v) is 10.7. The number of hydrogen-bond donors (Lipinski definition) is 0. The smallest absolute Gasteiger partial charge is 0.155 e. The van der Waals surface area contributed by atoms with Crippen LogP contribution < -0.4 is 0 Å². The molecular weight excluding hydrogens is 382 g/mol. The molecule has 3 heteroatoms. The van der Waals surface area contributed by atoms with Crippen LogP contribution in [0.15, 0.2) is 104 Å². The average molecular weight is 412 g/mol. The largest absolute Gasteiger partial charge is 0.298 e. The summed E-state index contributed by atoms with van der Waals surface area (Å²) in [4.78, 5) is 27.4. The van der Waals surface area contributed by atoms with Gasteiger partial charge in [-0.3, -0.25) is 14.5 Å². The van der Waals surface area contributed by atoms with Crippen molar-refractivity contribution in [1.82, 2.24) is 4.90 Å². The summed E-state index contributed by atoms with van der Waals surface area (Å²) >= 11 is 0. The Labute approximate surface area is 185 Å². The first-order chi connectivity index (χ1) is 15.2. The minimum absolute atomic E-state index is 0.0888. The molecule has 3 nitrogen and oxygen atoms in total. The number of ketones is 2. The number of allylic oxidation sites excluding steroid dienone is 1. The lowest BCUT2D eigenvalue weighted by Crippen LogP contribution is -2.42. The molecule has 3 aromatic rings. The van der Waals surface area contributed by atoms with Crippen molar-refractivity contribution >= 4 is 11.6 Å². The maximum atomic E-state index is 13.4. The molecule has 0 N–H and O–H groups in total. The van der Waals surface area contributed by atoms with Gasteiger partial charge in [0.1, 0.15) is 0 Å². The molecule has 1 atom stereocenters. The predicted octanol–water partition coefficient (Wildman–Crippen LogP) is 5.40. The minimum Gasteiger partial charge on any atom is -0.298 e. The van der Waals surface area contributed by atoms with E-state index in [9.17, 15) is 9.59 Å². The number of Topliss-reactive ketones (excluding diaryl/α,β-unsaturated/α-hetero) is 1. The highest BCUT2D eigenvalue weighted by atomic mass is 16.1. The molecule has 0 fully saturated rings. The van der Waals surface area contributed by atoms with Crippen molar-refractivity contribution in [3.63, 3.8) is 0 Å². The number of benzene rings is 3. The Bertz CT molecular complexity index is 926. The molecule has 0 bridgehead atoms. The van der Waals surface area contributed by atoms with Gasteiger partial charge >= 0.3 is 0 Å². The third kappa shape index (κ3) is 7.16. The van der Waals surface area contributed by atoms with Crippen molar-refractivity contribution in [3.8, 4) is 0 Å². The van der Waals surface area contributed by atoms with Crippen LogP contribution >= 0.6 is 0 Å². The molecule has 0 aliphatic carbocycles. The van der Waals surface area contributed by atoms with Crippen LogP contribution in [0, 0.1) is 0 Å². The highest BCUT2D eigenvalue weighted by Crippen LogP contribution is 2.19. The van der Waals surface area contributed by atoms with E-state index < -0.39 is 0 Å². The fourth-order valence-electron chi connectivity index (χ4n) is 3.71. The van der Waals surface area contributed by atoms with Crippen LogP contribution in [0.4, 0.5) is 0 Å². The van der Waals surface area contributed by atoms with Crippen LogP contribution in [0.3, 0.4) is 0 Å². The van der Waals surface area contributed by atoms with E-state index >= 15 is 0 Å². The van der Waals surface area contributed by atoms with E-state index in [0.717, 1.165) is 16.7 Å². The number of hydrogen-bond acceptors (Lipinski definition) is 3. The highest BCUT2D eigenvalue weighted by molar-refractivity contribution is 5.93. The van der Waals surface area contributed by atoms with Gasteiger partial charge in [0.05, 0.1) is 6.04 Å². The van der Waals surface area contributed by atoms with E-state index in [4.69, 9.17) is 0 Å². The van der Waals surface area contributed by atoms with Crippen molar-refractivity contribution in [2.24, 2.45) is 0 Å². The highest BCUT2D eigenvalue weighted by Gasteiger charge is 2.26. The van der Waals surface area contributed by atoms with Gasteiger partial charge in [-0.2, -0.15) is 0 Å². The van der Waals surface area contributed by atoms with Crippen molar-refractivity contribution in [1.29, 1.82) is 0 Å². The Hall–Kier alpha value is -3.30. The molecule has 3 rings (SSSR count). The number of carbonyl (C=O) groups excluding carboxylic acids is 2. The SMILES string of the molecule is C=CC(=O)CCC(=O)[C@H](Cc1ccccc1)N(Cc1ccccc1)Cc1ccccc1. The summed E-state index contributed by atoms with van der Waals surface area (Å²) in [6.07, 6.45) is 2.34. The zero-order chi connectivity index (χ0) is 21.9. The Morgan fingerprint density at radius 2 is 1.16 bits per heavy atom. The Balaban J connectivity index is 1.90. The maximum absolute atomic E-state index is 13.4. The molecule has 0 saturated carbocycles. The molecule has 0 aromatic heterocycles. The first-order valence-electron chi connectivity index (χ1n) is 10.7. The summed E-state index contributed by atoms with van der Waals surface area (Å²) in [6, 6.07) is 30.2. The lowest BCUT2D eigenvalue weighted by atomic mass is 9.96. The normalized spacial score (nSPS) is 11.8. The first kappa shape index (κ1) is 22.4. The molecule has 3 aromatic carbocycles. The summed E-state index contributed by atoms with van der Waals surface area (Å²) in [5.41, 5.74) is 3.43. The van der Waals surface area contributed by atoms with Gasteiger partial charge in [0.15, 0.2) is 11.6 Å².